The van der Waals surface area contributed by atoms with Gasteiger partial charge in [-0.3, -0.25) is 4.90 Å². The van der Waals surface area contributed by atoms with Crippen LogP contribution >= 0.6 is 11.8 Å². The van der Waals surface area contributed by atoms with Crippen molar-refractivity contribution in [2.45, 2.75) is 18.2 Å². The molecule has 0 spiro atoms. The molecule has 0 amide bonds. The minimum atomic E-state index is -2.99. The van der Waals surface area contributed by atoms with Gasteiger partial charge in [-0.15, -0.1) is 0 Å². The second-order valence-electron chi connectivity index (χ2n) is 5.24. The summed E-state index contributed by atoms with van der Waals surface area (Å²) in [5, 5.41) is -0.318. The van der Waals surface area contributed by atoms with E-state index in [4.69, 9.17) is 5.73 Å². The predicted octanol–water partition coefficient (Wildman–Crippen LogP) is 1.62. The third-order valence-electron chi connectivity index (χ3n) is 3.55. The van der Waals surface area contributed by atoms with Crippen LogP contribution in [0.2, 0.25) is 0 Å². The SMILES string of the molecule is CS(=O)(=O)C1CSCCN1CCCc1cccc(N)c1. The molecule has 1 heterocycles. The average molecular weight is 314 g/mol. The van der Waals surface area contributed by atoms with Gasteiger partial charge in [0.25, 0.3) is 0 Å². The maximum absolute atomic E-state index is 11.8. The van der Waals surface area contributed by atoms with E-state index in [0.29, 0.717) is 5.75 Å². The number of hydrogen-bond acceptors (Lipinski definition) is 5. The first-order chi connectivity index (χ1) is 9.47. The van der Waals surface area contributed by atoms with Crippen molar-refractivity contribution in [2.75, 3.05) is 36.6 Å². The predicted molar refractivity (Wildman–Crippen MR) is 86.7 cm³/mol. The Labute approximate surface area is 125 Å². The molecule has 0 bridgehead atoms. The Kier molecular flexibility index (Phi) is 5.35. The lowest BCUT2D eigenvalue weighted by Crippen LogP contribution is -2.47. The van der Waals surface area contributed by atoms with E-state index >= 15 is 0 Å². The number of anilines is 1. The van der Waals surface area contributed by atoms with E-state index in [1.54, 1.807) is 11.8 Å². The van der Waals surface area contributed by atoms with Gasteiger partial charge in [0, 0.05) is 30.0 Å². The van der Waals surface area contributed by atoms with Crippen LogP contribution in [0.3, 0.4) is 0 Å². The van der Waals surface area contributed by atoms with E-state index < -0.39 is 9.84 Å². The maximum Gasteiger partial charge on any atom is 0.164 e. The van der Waals surface area contributed by atoms with Gasteiger partial charge in [0.05, 0.1) is 0 Å². The van der Waals surface area contributed by atoms with Crippen molar-refractivity contribution in [2.24, 2.45) is 0 Å². The van der Waals surface area contributed by atoms with E-state index in [0.717, 1.165) is 37.4 Å². The molecule has 0 aromatic heterocycles. The van der Waals surface area contributed by atoms with Gasteiger partial charge in [-0.25, -0.2) is 8.42 Å². The minimum Gasteiger partial charge on any atom is -0.399 e. The number of aryl methyl sites for hydroxylation is 1. The Morgan fingerprint density at radius 2 is 2.25 bits per heavy atom. The van der Waals surface area contributed by atoms with Crippen molar-refractivity contribution in [1.82, 2.24) is 4.90 Å². The molecule has 1 aliphatic heterocycles. The lowest BCUT2D eigenvalue weighted by Gasteiger charge is -2.33. The van der Waals surface area contributed by atoms with Crippen LogP contribution in [-0.2, 0) is 16.3 Å². The largest absolute Gasteiger partial charge is 0.399 e. The normalized spacial score (nSPS) is 20.9. The number of hydrogen-bond donors (Lipinski definition) is 1. The Morgan fingerprint density at radius 3 is 2.95 bits per heavy atom. The molecule has 20 heavy (non-hydrogen) atoms. The third kappa shape index (κ3) is 4.40. The number of nitrogens with two attached hydrogens (primary N) is 1. The summed E-state index contributed by atoms with van der Waals surface area (Å²) >= 11 is 1.73. The van der Waals surface area contributed by atoms with Gasteiger partial charge in [0.2, 0.25) is 0 Å². The van der Waals surface area contributed by atoms with E-state index in [1.807, 2.05) is 18.2 Å². The first-order valence-corrected chi connectivity index (χ1v) is 9.93. The smallest absolute Gasteiger partial charge is 0.164 e. The molecular formula is C14H22N2O2S2. The number of nitrogen functional groups attached to an aromatic ring is 1. The second-order valence-corrected chi connectivity index (χ2v) is 8.60. The number of sulfone groups is 1. The molecule has 0 radical (unpaired) electrons. The first-order valence-electron chi connectivity index (χ1n) is 6.82. The lowest BCUT2D eigenvalue weighted by molar-refractivity contribution is 0.267. The third-order valence-corrected chi connectivity index (χ3v) is 6.23. The summed E-state index contributed by atoms with van der Waals surface area (Å²) in [5.74, 6) is 1.71. The van der Waals surface area contributed by atoms with E-state index in [2.05, 4.69) is 11.0 Å². The highest BCUT2D eigenvalue weighted by molar-refractivity contribution is 8.00. The summed E-state index contributed by atoms with van der Waals surface area (Å²) in [7, 11) is -2.99. The summed E-state index contributed by atoms with van der Waals surface area (Å²) in [6.07, 6.45) is 3.24. The van der Waals surface area contributed by atoms with Crippen LogP contribution in [0.1, 0.15) is 12.0 Å². The van der Waals surface area contributed by atoms with E-state index in [1.165, 1.54) is 11.8 Å². The Morgan fingerprint density at radius 1 is 1.45 bits per heavy atom. The van der Waals surface area contributed by atoms with Gasteiger partial charge in [-0.2, -0.15) is 11.8 Å². The highest BCUT2D eigenvalue weighted by Gasteiger charge is 2.30. The van der Waals surface area contributed by atoms with Crippen LogP contribution < -0.4 is 5.73 Å². The molecule has 0 aliphatic carbocycles. The van der Waals surface area contributed by atoms with Crippen molar-refractivity contribution < 1.29 is 8.42 Å². The van der Waals surface area contributed by atoms with Gasteiger partial charge in [0.15, 0.2) is 9.84 Å². The fourth-order valence-corrected chi connectivity index (χ4v) is 5.47. The number of nitrogens with zero attached hydrogens (tertiary/aromatic N) is 1. The van der Waals surface area contributed by atoms with Crippen molar-refractivity contribution in [3.05, 3.63) is 29.8 Å². The summed E-state index contributed by atoms with van der Waals surface area (Å²) in [6, 6.07) is 7.89. The Bertz CT molecular complexity index is 546. The summed E-state index contributed by atoms with van der Waals surface area (Å²) in [6.45, 7) is 1.69. The molecule has 1 atom stereocenters. The van der Waals surface area contributed by atoms with Gasteiger partial charge >= 0.3 is 0 Å². The quantitative estimate of drug-likeness (QED) is 0.837. The van der Waals surface area contributed by atoms with Gasteiger partial charge in [0.1, 0.15) is 5.37 Å². The van der Waals surface area contributed by atoms with Crippen LogP contribution in [0.15, 0.2) is 24.3 Å². The van der Waals surface area contributed by atoms with Crippen LogP contribution in [0, 0.1) is 0 Å². The Balaban J connectivity index is 1.89. The molecule has 1 aromatic rings. The molecule has 2 rings (SSSR count). The molecule has 112 valence electrons. The van der Waals surface area contributed by atoms with Crippen molar-refractivity contribution in [3.63, 3.8) is 0 Å². The standard InChI is InChI=1S/C14H22N2O2S2/c1-20(17,18)14-11-19-9-8-16(14)7-3-5-12-4-2-6-13(15)10-12/h2,4,6,10,14H,3,5,7-9,11,15H2,1H3. The molecule has 0 saturated carbocycles. The minimum absolute atomic E-state index is 0.318. The molecule has 2 N–H and O–H groups in total. The molecule has 6 heteroatoms. The molecule has 1 fully saturated rings. The van der Waals surface area contributed by atoms with Gasteiger partial charge in [-0.1, -0.05) is 12.1 Å². The highest BCUT2D eigenvalue weighted by atomic mass is 32.2. The maximum atomic E-state index is 11.8. The zero-order valence-corrected chi connectivity index (χ0v) is 13.4. The van der Waals surface area contributed by atoms with Crippen LogP contribution in [0.4, 0.5) is 5.69 Å². The molecule has 4 nitrogen and oxygen atoms in total. The summed E-state index contributed by atoms with van der Waals surface area (Å²) in [5.41, 5.74) is 7.76. The van der Waals surface area contributed by atoms with Crippen LogP contribution in [0.25, 0.3) is 0 Å². The fourth-order valence-electron chi connectivity index (χ4n) is 2.50. The molecule has 1 aromatic carbocycles. The van der Waals surface area contributed by atoms with E-state index in [9.17, 15) is 8.42 Å². The van der Waals surface area contributed by atoms with Crippen LogP contribution in [-0.4, -0.2) is 49.5 Å². The number of benzene rings is 1. The first kappa shape index (κ1) is 15.7. The molecule has 1 aliphatic rings. The number of rotatable bonds is 5. The summed E-state index contributed by atoms with van der Waals surface area (Å²) < 4.78 is 23.6. The van der Waals surface area contributed by atoms with Gasteiger partial charge in [-0.05, 0) is 37.1 Å². The van der Waals surface area contributed by atoms with E-state index in [-0.39, 0.29) is 5.37 Å². The lowest BCUT2D eigenvalue weighted by atomic mass is 10.1. The van der Waals surface area contributed by atoms with Gasteiger partial charge < -0.3 is 5.73 Å². The fraction of sp³-hybridized carbons (Fsp3) is 0.571. The highest BCUT2D eigenvalue weighted by Crippen LogP contribution is 2.21. The topological polar surface area (TPSA) is 63.4 Å². The van der Waals surface area contributed by atoms with Crippen molar-refractivity contribution >= 4 is 27.3 Å². The number of thioether (sulfide) groups is 1. The molecule has 1 unspecified atom stereocenters. The molecular weight excluding hydrogens is 292 g/mol. The zero-order chi connectivity index (χ0) is 14.6. The van der Waals surface area contributed by atoms with Crippen LogP contribution in [0.5, 0.6) is 0 Å². The summed E-state index contributed by atoms with van der Waals surface area (Å²) in [4.78, 5) is 2.11. The zero-order valence-electron chi connectivity index (χ0n) is 11.8. The van der Waals surface area contributed by atoms with Crippen molar-refractivity contribution in [1.29, 1.82) is 0 Å². The monoisotopic (exact) mass is 314 g/mol. The molecule has 1 saturated heterocycles. The van der Waals surface area contributed by atoms with Crippen molar-refractivity contribution in [3.8, 4) is 0 Å². The second kappa shape index (κ2) is 6.83. The Hall–Kier alpha value is -0.720. The average Bonchev–Trinajstić information content (AvgIpc) is 2.38.